The van der Waals surface area contributed by atoms with E-state index in [1.54, 1.807) is 0 Å². The second-order valence-electron chi connectivity index (χ2n) is 7.93. The smallest absolute Gasteiger partial charge is 0.241 e. The van der Waals surface area contributed by atoms with Gasteiger partial charge in [-0.3, -0.25) is 9.59 Å². The van der Waals surface area contributed by atoms with Crippen LogP contribution < -0.4 is 15.5 Å². The number of nitrogens with zero attached hydrogens (tertiary/aromatic N) is 1. The lowest BCUT2D eigenvalue weighted by molar-refractivity contribution is -0.219. The Morgan fingerprint density at radius 3 is 2.29 bits per heavy atom. The van der Waals surface area contributed by atoms with Crippen molar-refractivity contribution in [3.63, 3.8) is 0 Å². The summed E-state index contributed by atoms with van der Waals surface area (Å²) in [4.78, 5) is 26.2. The first-order chi connectivity index (χ1) is 16.3. The monoisotopic (exact) mass is 523 g/mol. The molecule has 0 spiro atoms. The standard InChI is InChI=1S/C22H32Cl2FN3O6/c23-8-10-28(11-9-24)15-6-4-14(5-7-15)2-1-3-17(30)26-12-18(31)27-22-19(25)21(33)20(32)16(13-29)34-22/h4-7,16,19-22,29,32-33H,1-3,8-13H2,(H,26,30)(H,27,31)/t16-,19+,20-,21-,22-/m1/s1. The highest BCUT2D eigenvalue weighted by molar-refractivity contribution is 6.18. The summed E-state index contributed by atoms with van der Waals surface area (Å²) in [5.74, 6) is -0.0630. The summed E-state index contributed by atoms with van der Waals surface area (Å²) in [6, 6.07) is 7.95. The Kier molecular flexibility index (Phi) is 12.3. The van der Waals surface area contributed by atoms with E-state index in [1.807, 2.05) is 24.3 Å². The van der Waals surface area contributed by atoms with E-state index in [0.717, 1.165) is 11.3 Å². The molecule has 0 bridgehead atoms. The largest absolute Gasteiger partial charge is 0.394 e. The van der Waals surface area contributed by atoms with Crippen LogP contribution in [0.2, 0.25) is 0 Å². The van der Waals surface area contributed by atoms with Crippen LogP contribution in [-0.2, 0) is 20.7 Å². The molecule has 1 fully saturated rings. The Morgan fingerprint density at radius 2 is 1.71 bits per heavy atom. The first kappa shape index (κ1) is 28.5. The van der Waals surface area contributed by atoms with Crippen LogP contribution in [0.3, 0.4) is 0 Å². The highest BCUT2D eigenvalue weighted by Gasteiger charge is 2.45. The lowest BCUT2D eigenvalue weighted by Crippen LogP contribution is -2.62. The van der Waals surface area contributed by atoms with Crippen LogP contribution in [0, 0.1) is 0 Å². The van der Waals surface area contributed by atoms with Crippen molar-refractivity contribution in [2.45, 2.75) is 50.0 Å². The van der Waals surface area contributed by atoms with Gasteiger partial charge in [0.25, 0.3) is 0 Å². The summed E-state index contributed by atoms with van der Waals surface area (Å²) in [6.45, 7) is 0.338. The van der Waals surface area contributed by atoms with Gasteiger partial charge in [-0.05, 0) is 30.5 Å². The minimum atomic E-state index is -2.08. The number of carbonyl (C=O) groups is 2. The fraction of sp³-hybridized carbons (Fsp3) is 0.636. The SMILES string of the molecule is O=C(CCCc1ccc(N(CCCl)CCCl)cc1)NCC(=O)N[C@@H]1O[C@H](CO)[C@@H](O)[C@H](O)[C@@H]1F. The van der Waals surface area contributed by atoms with Gasteiger partial charge >= 0.3 is 0 Å². The predicted molar refractivity (Wildman–Crippen MR) is 127 cm³/mol. The molecule has 0 aliphatic carbocycles. The Bertz CT molecular complexity index is 768. The minimum Gasteiger partial charge on any atom is -0.394 e. The number of hydrogen-bond donors (Lipinski definition) is 5. The lowest BCUT2D eigenvalue weighted by Gasteiger charge is -2.38. The minimum absolute atomic E-state index is 0.197. The van der Waals surface area contributed by atoms with Crippen LogP contribution in [0.15, 0.2) is 24.3 Å². The molecule has 0 saturated carbocycles. The number of rotatable bonds is 13. The van der Waals surface area contributed by atoms with Crippen LogP contribution in [0.4, 0.5) is 10.1 Å². The van der Waals surface area contributed by atoms with E-state index in [-0.39, 0.29) is 12.3 Å². The molecule has 0 radical (unpaired) electrons. The number of nitrogens with one attached hydrogen (secondary N) is 2. The van der Waals surface area contributed by atoms with E-state index in [2.05, 4.69) is 15.5 Å². The molecule has 0 aromatic heterocycles. The number of aliphatic hydroxyl groups excluding tert-OH is 3. The van der Waals surface area contributed by atoms with E-state index in [1.165, 1.54) is 0 Å². The Labute approximate surface area is 208 Å². The van der Waals surface area contributed by atoms with Crippen LogP contribution in [0.1, 0.15) is 18.4 Å². The van der Waals surface area contributed by atoms with Crippen molar-refractivity contribution >= 4 is 40.7 Å². The van der Waals surface area contributed by atoms with Crippen molar-refractivity contribution < 1.29 is 34.0 Å². The van der Waals surface area contributed by atoms with E-state index in [9.17, 15) is 24.2 Å². The lowest BCUT2D eigenvalue weighted by atomic mass is 9.99. The summed E-state index contributed by atoms with van der Waals surface area (Å²) in [6.07, 6.45) is -6.85. The van der Waals surface area contributed by atoms with Gasteiger partial charge in [0, 0.05) is 37.0 Å². The number of amides is 2. The highest BCUT2D eigenvalue weighted by Crippen LogP contribution is 2.22. The average molecular weight is 524 g/mol. The van der Waals surface area contributed by atoms with Gasteiger partial charge in [0.15, 0.2) is 12.4 Å². The molecule has 0 unspecified atom stereocenters. The molecular weight excluding hydrogens is 492 g/mol. The number of carbonyl (C=O) groups excluding carboxylic acids is 2. The summed E-state index contributed by atoms with van der Waals surface area (Å²) < 4.78 is 19.2. The van der Waals surface area contributed by atoms with E-state index >= 15 is 0 Å². The summed E-state index contributed by atoms with van der Waals surface area (Å²) in [5.41, 5.74) is 2.09. The molecule has 12 heteroatoms. The molecule has 1 aliphatic heterocycles. The van der Waals surface area contributed by atoms with Crippen molar-refractivity contribution in [1.82, 2.24) is 10.6 Å². The zero-order chi connectivity index (χ0) is 25.1. The van der Waals surface area contributed by atoms with Gasteiger partial charge in [-0.15, -0.1) is 23.2 Å². The maximum absolute atomic E-state index is 14.1. The zero-order valence-electron chi connectivity index (χ0n) is 18.7. The Hall–Kier alpha value is -1.69. The quantitative estimate of drug-likeness (QED) is 0.235. The van der Waals surface area contributed by atoms with Crippen molar-refractivity contribution in [1.29, 1.82) is 0 Å². The van der Waals surface area contributed by atoms with E-state index in [4.69, 9.17) is 33.0 Å². The first-order valence-corrected chi connectivity index (χ1v) is 12.2. The maximum atomic E-state index is 14.1. The van der Waals surface area contributed by atoms with Gasteiger partial charge in [-0.25, -0.2) is 4.39 Å². The van der Waals surface area contributed by atoms with Gasteiger partial charge in [-0.1, -0.05) is 12.1 Å². The molecule has 5 N–H and O–H groups in total. The number of alkyl halides is 3. The van der Waals surface area contributed by atoms with Crippen LogP contribution in [-0.4, -0.2) is 95.8 Å². The molecule has 2 rings (SSSR count). The zero-order valence-corrected chi connectivity index (χ0v) is 20.2. The maximum Gasteiger partial charge on any atom is 0.241 e. The fourth-order valence-corrected chi connectivity index (χ4v) is 3.98. The molecular formula is C22H32Cl2FN3O6. The number of halogens is 3. The van der Waals surface area contributed by atoms with Crippen LogP contribution in [0.25, 0.3) is 0 Å². The number of hydrogen-bond acceptors (Lipinski definition) is 7. The van der Waals surface area contributed by atoms with Gasteiger partial charge in [-0.2, -0.15) is 0 Å². The molecule has 1 aliphatic rings. The van der Waals surface area contributed by atoms with Crippen LogP contribution >= 0.6 is 23.2 Å². The van der Waals surface area contributed by atoms with E-state index < -0.39 is 49.8 Å². The molecule has 1 aromatic carbocycles. The number of aliphatic hydroxyl groups is 3. The summed E-state index contributed by atoms with van der Waals surface area (Å²) in [5, 5.41) is 33.1. The predicted octanol–water partition coefficient (Wildman–Crippen LogP) is 0.303. The van der Waals surface area contributed by atoms with Crippen molar-refractivity contribution in [3.8, 4) is 0 Å². The molecule has 2 amide bonds. The molecule has 192 valence electrons. The van der Waals surface area contributed by atoms with Gasteiger partial charge in [0.05, 0.1) is 13.2 Å². The highest BCUT2D eigenvalue weighted by atomic mass is 35.5. The van der Waals surface area contributed by atoms with Gasteiger partial charge in [0.2, 0.25) is 11.8 Å². The molecule has 1 aromatic rings. The normalized spacial score (nSPS) is 24.5. The Morgan fingerprint density at radius 1 is 1.06 bits per heavy atom. The number of benzene rings is 1. The second-order valence-corrected chi connectivity index (χ2v) is 8.69. The third-order valence-corrected chi connectivity index (χ3v) is 5.81. The first-order valence-electron chi connectivity index (χ1n) is 11.1. The fourth-order valence-electron chi connectivity index (χ4n) is 3.57. The molecule has 1 heterocycles. The van der Waals surface area contributed by atoms with Crippen LogP contribution in [0.5, 0.6) is 0 Å². The topological polar surface area (TPSA) is 131 Å². The third kappa shape index (κ3) is 8.51. The molecule has 5 atom stereocenters. The third-order valence-electron chi connectivity index (χ3n) is 5.48. The summed E-state index contributed by atoms with van der Waals surface area (Å²) in [7, 11) is 0. The number of anilines is 1. The number of ether oxygens (including phenoxy) is 1. The Balaban J connectivity index is 1.71. The second kappa shape index (κ2) is 14.7. The van der Waals surface area contributed by atoms with Gasteiger partial charge in [0.1, 0.15) is 18.3 Å². The molecule has 1 saturated heterocycles. The van der Waals surface area contributed by atoms with Gasteiger partial charge < -0.3 is 35.6 Å². The van der Waals surface area contributed by atoms with Crippen molar-refractivity contribution in [2.24, 2.45) is 0 Å². The van der Waals surface area contributed by atoms with Crippen molar-refractivity contribution in [2.75, 3.05) is 42.9 Å². The summed E-state index contributed by atoms with van der Waals surface area (Å²) >= 11 is 11.7. The molecule has 34 heavy (non-hydrogen) atoms. The average Bonchev–Trinajstić information content (AvgIpc) is 2.83. The van der Waals surface area contributed by atoms with Crippen molar-refractivity contribution in [3.05, 3.63) is 29.8 Å². The molecule has 9 nitrogen and oxygen atoms in total. The number of aryl methyl sites for hydroxylation is 1. The van der Waals surface area contributed by atoms with E-state index in [0.29, 0.717) is 37.7 Å².